The third-order valence-electron chi connectivity index (χ3n) is 3.40. The fourth-order valence-corrected chi connectivity index (χ4v) is 2.79. The summed E-state index contributed by atoms with van der Waals surface area (Å²) in [7, 11) is 0. The van der Waals surface area contributed by atoms with Crippen LogP contribution in [0, 0.1) is 0 Å². The molecule has 17 heavy (non-hydrogen) atoms. The highest BCUT2D eigenvalue weighted by molar-refractivity contribution is 7.85. The van der Waals surface area contributed by atoms with Crippen molar-refractivity contribution in [1.82, 2.24) is 0 Å². The molecule has 0 aromatic rings. The lowest BCUT2D eigenvalue weighted by molar-refractivity contribution is 0.559. The summed E-state index contributed by atoms with van der Waals surface area (Å²) in [4.78, 5) is 0. The molecule has 0 radical (unpaired) electrons. The van der Waals surface area contributed by atoms with Crippen molar-refractivity contribution in [1.29, 1.82) is 0 Å². The third kappa shape index (κ3) is 11.5. The van der Waals surface area contributed by atoms with E-state index in [0.29, 0.717) is 10.5 Å². The van der Waals surface area contributed by atoms with Crippen LogP contribution in [0.15, 0.2) is 0 Å². The smallest absolute Gasteiger partial charge is 0.0133 e. The number of rotatable bonds is 12. The van der Waals surface area contributed by atoms with Crippen molar-refractivity contribution < 1.29 is 0 Å². The summed E-state index contributed by atoms with van der Waals surface area (Å²) in [6, 6.07) is 0. The molecule has 0 saturated heterocycles. The van der Waals surface area contributed by atoms with Gasteiger partial charge in [-0.1, -0.05) is 71.6 Å². The van der Waals surface area contributed by atoms with E-state index in [9.17, 15) is 0 Å². The maximum absolute atomic E-state index is 4.69. The van der Waals surface area contributed by atoms with Crippen LogP contribution in [0.3, 0.4) is 0 Å². The average Bonchev–Trinajstić information content (AvgIpc) is 2.33. The van der Waals surface area contributed by atoms with Crippen LogP contribution in [-0.4, -0.2) is 10.5 Å². The fourth-order valence-electron chi connectivity index (χ4n) is 2.12. The normalized spacial score (nSPS) is 14.8. The van der Waals surface area contributed by atoms with E-state index in [-0.39, 0.29) is 0 Å². The maximum Gasteiger partial charge on any atom is 0.0133 e. The van der Waals surface area contributed by atoms with E-state index in [1.54, 1.807) is 0 Å². The zero-order valence-corrected chi connectivity index (χ0v) is 13.6. The van der Waals surface area contributed by atoms with Crippen LogP contribution in [0.4, 0.5) is 0 Å². The summed E-state index contributed by atoms with van der Waals surface area (Å²) in [6.07, 6.45) is 14.7. The lowest BCUT2D eigenvalue weighted by atomic mass is 10.0. The molecular weight excluding hydrogens is 244 g/mol. The standard InChI is InChI=1S/C15H32S2/c1-3-5-7-8-9-11-13-15(17)14(16)12-10-6-4-2/h14-17H,3-13H2,1-2H3. The molecule has 0 heterocycles. The Morgan fingerprint density at radius 2 is 0.941 bits per heavy atom. The van der Waals surface area contributed by atoms with Crippen LogP contribution in [0.25, 0.3) is 0 Å². The van der Waals surface area contributed by atoms with Gasteiger partial charge < -0.3 is 0 Å². The minimum absolute atomic E-state index is 0.500. The minimum Gasteiger partial charge on any atom is -0.175 e. The van der Waals surface area contributed by atoms with Gasteiger partial charge in [-0.3, -0.25) is 0 Å². The van der Waals surface area contributed by atoms with E-state index in [4.69, 9.17) is 12.6 Å². The van der Waals surface area contributed by atoms with E-state index >= 15 is 0 Å². The zero-order chi connectivity index (χ0) is 12.9. The van der Waals surface area contributed by atoms with Gasteiger partial charge >= 0.3 is 0 Å². The summed E-state index contributed by atoms with van der Waals surface area (Å²) in [5.41, 5.74) is 0. The molecule has 104 valence electrons. The quantitative estimate of drug-likeness (QED) is 0.321. The van der Waals surface area contributed by atoms with Gasteiger partial charge in [0, 0.05) is 10.5 Å². The molecule has 0 rings (SSSR count). The van der Waals surface area contributed by atoms with E-state index < -0.39 is 0 Å². The first-order valence-electron chi connectivity index (χ1n) is 7.58. The SMILES string of the molecule is CCCCCCCCC(S)C(S)CCCCC. The van der Waals surface area contributed by atoms with Crippen molar-refractivity contribution in [3.05, 3.63) is 0 Å². The van der Waals surface area contributed by atoms with Crippen LogP contribution in [0.5, 0.6) is 0 Å². The second-order valence-corrected chi connectivity index (χ2v) is 6.51. The predicted octanol–water partition coefficient (Wildman–Crippen LogP) is 5.91. The molecule has 0 fully saturated rings. The Morgan fingerprint density at radius 3 is 1.47 bits per heavy atom. The van der Waals surface area contributed by atoms with Crippen LogP contribution in [0.1, 0.15) is 84.5 Å². The topological polar surface area (TPSA) is 0 Å². The molecule has 0 nitrogen and oxygen atoms in total. The number of hydrogen-bond acceptors (Lipinski definition) is 2. The maximum atomic E-state index is 4.69. The molecular formula is C15H32S2. The van der Waals surface area contributed by atoms with Crippen molar-refractivity contribution >= 4 is 25.3 Å². The van der Waals surface area contributed by atoms with Crippen molar-refractivity contribution in [3.63, 3.8) is 0 Å². The first-order chi connectivity index (χ1) is 8.22. The van der Waals surface area contributed by atoms with E-state index in [0.717, 1.165) is 0 Å². The molecule has 0 aliphatic rings. The Hall–Kier alpha value is 0.700. The van der Waals surface area contributed by atoms with Gasteiger partial charge in [-0.25, -0.2) is 0 Å². The van der Waals surface area contributed by atoms with Gasteiger partial charge in [0.25, 0.3) is 0 Å². The molecule has 2 heteroatoms. The van der Waals surface area contributed by atoms with Gasteiger partial charge in [0.15, 0.2) is 0 Å². The third-order valence-corrected chi connectivity index (χ3v) is 4.87. The van der Waals surface area contributed by atoms with Gasteiger partial charge in [0.2, 0.25) is 0 Å². The van der Waals surface area contributed by atoms with Gasteiger partial charge in [0.1, 0.15) is 0 Å². The largest absolute Gasteiger partial charge is 0.175 e. The van der Waals surface area contributed by atoms with Crippen LogP contribution in [0.2, 0.25) is 0 Å². The molecule has 0 amide bonds. The Morgan fingerprint density at radius 1 is 0.588 bits per heavy atom. The number of unbranched alkanes of at least 4 members (excludes halogenated alkanes) is 7. The van der Waals surface area contributed by atoms with Crippen LogP contribution < -0.4 is 0 Å². The first-order valence-corrected chi connectivity index (χ1v) is 8.61. The molecule has 0 aliphatic heterocycles. The van der Waals surface area contributed by atoms with E-state index in [2.05, 4.69) is 26.5 Å². The summed E-state index contributed by atoms with van der Waals surface area (Å²) in [5, 5.41) is 1.00. The van der Waals surface area contributed by atoms with E-state index in [1.807, 2.05) is 0 Å². The highest BCUT2D eigenvalue weighted by Gasteiger charge is 2.12. The monoisotopic (exact) mass is 276 g/mol. The number of thiol groups is 2. The second kappa shape index (κ2) is 13.1. The highest BCUT2D eigenvalue weighted by atomic mass is 32.1. The van der Waals surface area contributed by atoms with Crippen molar-refractivity contribution in [2.75, 3.05) is 0 Å². The first kappa shape index (κ1) is 17.7. The van der Waals surface area contributed by atoms with Gasteiger partial charge in [-0.2, -0.15) is 25.3 Å². The molecule has 0 aromatic heterocycles. The zero-order valence-electron chi connectivity index (χ0n) is 11.8. The van der Waals surface area contributed by atoms with Gasteiger partial charge in [0.05, 0.1) is 0 Å². The van der Waals surface area contributed by atoms with Crippen molar-refractivity contribution in [3.8, 4) is 0 Å². The molecule has 0 aromatic carbocycles. The summed E-state index contributed by atoms with van der Waals surface area (Å²) >= 11 is 9.37. The molecule has 0 N–H and O–H groups in total. The summed E-state index contributed by atoms with van der Waals surface area (Å²) in [6.45, 7) is 4.52. The van der Waals surface area contributed by atoms with E-state index in [1.165, 1.54) is 70.6 Å². The average molecular weight is 277 g/mol. The Labute approximate surface area is 120 Å². The summed E-state index contributed by atoms with van der Waals surface area (Å²) < 4.78 is 0. The lowest BCUT2D eigenvalue weighted by Gasteiger charge is -2.18. The molecule has 0 bridgehead atoms. The van der Waals surface area contributed by atoms with Crippen LogP contribution in [-0.2, 0) is 0 Å². The Bertz CT molecular complexity index is 148. The van der Waals surface area contributed by atoms with Gasteiger partial charge in [-0.05, 0) is 12.8 Å². The molecule has 0 saturated carbocycles. The molecule has 0 spiro atoms. The molecule has 0 aliphatic carbocycles. The molecule has 2 unspecified atom stereocenters. The van der Waals surface area contributed by atoms with Crippen LogP contribution >= 0.6 is 25.3 Å². The predicted molar refractivity (Wildman–Crippen MR) is 87.7 cm³/mol. The lowest BCUT2D eigenvalue weighted by Crippen LogP contribution is -2.15. The Balaban J connectivity index is 3.34. The second-order valence-electron chi connectivity index (χ2n) is 5.19. The Kier molecular flexibility index (Phi) is 13.7. The fraction of sp³-hybridized carbons (Fsp3) is 1.00. The van der Waals surface area contributed by atoms with Crippen molar-refractivity contribution in [2.24, 2.45) is 0 Å². The minimum atomic E-state index is 0.500. The number of hydrogen-bond donors (Lipinski definition) is 2. The highest BCUT2D eigenvalue weighted by Crippen LogP contribution is 2.21. The van der Waals surface area contributed by atoms with Crippen molar-refractivity contribution in [2.45, 2.75) is 95.0 Å². The summed E-state index contributed by atoms with van der Waals surface area (Å²) in [5.74, 6) is 0. The molecule has 2 atom stereocenters. The van der Waals surface area contributed by atoms with Gasteiger partial charge in [-0.15, -0.1) is 0 Å².